The molecule has 0 saturated heterocycles. The maximum atomic E-state index is 10.5. The molecule has 0 radical (unpaired) electrons. The summed E-state index contributed by atoms with van der Waals surface area (Å²) in [7, 11) is 0. The monoisotopic (exact) mass is 278 g/mol. The number of hydrogen-bond donors (Lipinski definition) is 0. The van der Waals surface area contributed by atoms with Crippen LogP contribution in [0.4, 0.5) is 0 Å². The Balaban J connectivity index is 3.99. The van der Waals surface area contributed by atoms with Crippen LogP contribution in [0.3, 0.4) is 0 Å². The molecule has 0 aliphatic rings. The first-order chi connectivity index (χ1) is 4.83. The van der Waals surface area contributed by atoms with Crippen LogP contribution < -0.4 is 0 Å². The van der Waals surface area contributed by atoms with Crippen LogP contribution in [0.2, 0.25) is 9.94 Å². The standard InChI is InChI=1S/C6H12O4Te/c1-5(7)9-11(3,4)10-6(2)8/h1-4H3. The molecular weight excluding hydrogens is 264 g/mol. The summed E-state index contributed by atoms with van der Waals surface area (Å²) in [6, 6.07) is 0. The second kappa shape index (κ2) is 3.93. The van der Waals surface area contributed by atoms with Gasteiger partial charge in [-0.2, -0.15) is 0 Å². The SMILES string of the molecule is CC(=O)O[Te](C)(C)OC(C)=O. The van der Waals surface area contributed by atoms with Gasteiger partial charge in [-0.3, -0.25) is 0 Å². The third kappa shape index (κ3) is 6.14. The Bertz CT molecular complexity index is 157. The van der Waals surface area contributed by atoms with E-state index in [1.165, 1.54) is 13.8 Å². The Morgan fingerprint density at radius 1 is 1.00 bits per heavy atom. The van der Waals surface area contributed by atoms with E-state index in [1.54, 1.807) is 9.94 Å². The average molecular weight is 276 g/mol. The predicted molar refractivity (Wildman–Crippen MR) is 41.0 cm³/mol. The number of rotatable bonds is 2. The zero-order valence-corrected chi connectivity index (χ0v) is 9.37. The van der Waals surface area contributed by atoms with Gasteiger partial charge in [-0.1, -0.05) is 0 Å². The summed E-state index contributed by atoms with van der Waals surface area (Å²) in [6.45, 7) is 2.61. The summed E-state index contributed by atoms with van der Waals surface area (Å²) < 4.78 is 9.71. The summed E-state index contributed by atoms with van der Waals surface area (Å²) in [5.74, 6) is -0.782. The van der Waals surface area contributed by atoms with Crippen molar-refractivity contribution >= 4 is 30.9 Å². The third-order valence-electron chi connectivity index (χ3n) is 0.636. The summed E-state index contributed by atoms with van der Waals surface area (Å²) in [6.07, 6.45) is 0. The Morgan fingerprint density at radius 3 is 1.45 bits per heavy atom. The van der Waals surface area contributed by atoms with Crippen LogP contribution in [0.25, 0.3) is 0 Å². The van der Waals surface area contributed by atoms with Crippen molar-refractivity contribution in [1.29, 1.82) is 0 Å². The fourth-order valence-electron chi connectivity index (χ4n) is 0.582. The number of carbonyl (C=O) groups is 2. The van der Waals surface area contributed by atoms with Gasteiger partial charge in [-0.15, -0.1) is 0 Å². The molecule has 4 nitrogen and oxygen atoms in total. The summed E-state index contributed by atoms with van der Waals surface area (Å²) in [4.78, 5) is 24.3. The molecular formula is C6H12O4Te. The van der Waals surface area contributed by atoms with E-state index in [0.29, 0.717) is 0 Å². The molecule has 0 aliphatic carbocycles. The van der Waals surface area contributed by atoms with Gasteiger partial charge in [0.2, 0.25) is 0 Å². The normalized spacial score (nSPS) is 12.0. The van der Waals surface area contributed by atoms with Gasteiger partial charge in [0.25, 0.3) is 0 Å². The average Bonchev–Trinajstić information content (AvgIpc) is 1.53. The fraction of sp³-hybridized carbons (Fsp3) is 0.667. The molecule has 0 N–H and O–H groups in total. The first kappa shape index (κ1) is 10.7. The zero-order chi connectivity index (χ0) is 9.07. The maximum absolute atomic E-state index is 10.5. The quantitative estimate of drug-likeness (QED) is 0.700. The van der Waals surface area contributed by atoms with E-state index in [4.69, 9.17) is 6.20 Å². The van der Waals surface area contributed by atoms with E-state index in [0.717, 1.165) is 0 Å². The topological polar surface area (TPSA) is 52.6 Å². The minimum atomic E-state index is -3.03. The van der Waals surface area contributed by atoms with Gasteiger partial charge < -0.3 is 0 Å². The molecule has 0 spiro atoms. The van der Waals surface area contributed by atoms with Crippen molar-refractivity contribution < 1.29 is 15.8 Å². The molecule has 5 heteroatoms. The molecule has 66 valence electrons. The molecule has 11 heavy (non-hydrogen) atoms. The Morgan fingerprint density at radius 2 is 1.27 bits per heavy atom. The van der Waals surface area contributed by atoms with Crippen LogP contribution in [0.5, 0.6) is 0 Å². The van der Waals surface area contributed by atoms with E-state index >= 15 is 0 Å². The minimum absolute atomic E-state index is 0.391. The van der Waals surface area contributed by atoms with Crippen molar-refractivity contribution in [3.05, 3.63) is 0 Å². The van der Waals surface area contributed by atoms with Crippen molar-refractivity contribution in [3.8, 4) is 0 Å². The molecule has 0 amide bonds. The van der Waals surface area contributed by atoms with E-state index in [2.05, 4.69) is 0 Å². The van der Waals surface area contributed by atoms with Crippen LogP contribution in [-0.2, 0) is 15.8 Å². The van der Waals surface area contributed by atoms with Gasteiger partial charge in [0, 0.05) is 0 Å². The number of carbonyl (C=O) groups excluding carboxylic acids is 2. The van der Waals surface area contributed by atoms with E-state index in [-0.39, 0.29) is 0 Å². The van der Waals surface area contributed by atoms with Crippen LogP contribution in [0.1, 0.15) is 13.8 Å². The Kier molecular flexibility index (Phi) is 3.84. The third-order valence-corrected chi connectivity index (χ3v) is 4.27. The predicted octanol–water partition coefficient (Wildman–Crippen LogP) is 0.814. The van der Waals surface area contributed by atoms with Crippen LogP contribution in [-0.4, -0.2) is 30.9 Å². The van der Waals surface area contributed by atoms with Crippen molar-refractivity contribution in [3.63, 3.8) is 0 Å². The molecule has 0 aromatic rings. The molecule has 0 aromatic carbocycles. The molecule has 0 aromatic heterocycles. The van der Waals surface area contributed by atoms with Crippen LogP contribution >= 0.6 is 0 Å². The molecule has 0 saturated carbocycles. The van der Waals surface area contributed by atoms with E-state index in [1.807, 2.05) is 0 Å². The molecule has 0 aliphatic heterocycles. The second-order valence-corrected chi connectivity index (χ2v) is 9.77. The van der Waals surface area contributed by atoms with Crippen molar-refractivity contribution in [2.45, 2.75) is 23.8 Å². The van der Waals surface area contributed by atoms with Crippen LogP contribution in [0.15, 0.2) is 0 Å². The molecule has 0 bridgehead atoms. The summed E-state index contributed by atoms with van der Waals surface area (Å²) in [5, 5.41) is 0. The van der Waals surface area contributed by atoms with Gasteiger partial charge >= 0.3 is 70.5 Å². The second-order valence-electron chi connectivity index (χ2n) is 2.29. The van der Waals surface area contributed by atoms with Crippen LogP contribution in [0, 0.1) is 0 Å². The number of hydrogen-bond acceptors (Lipinski definition) is 4. The van der Waals surface area contributed by atoms with Gasteiger partial charge in [-0.25, -0.2) is 0 Å². The first-order valence-corrected chi connectivity index (χ1v) is 9.53. The first-order valence-electron chi connectivity index (χ1n) is 2.97. The summed E-state index contributed by atoms with van der Waals surface area (Å²) in [5.41, 5.74) is 0. The summed E-state index contributed by atoms with van der Waals surface area (Å²) >= 11 is -3.03. The van der Waals surface area contributed by atoms with Gasteiger partial charge in [0.1, 0.15) is 0 Å². The molecule has 0 atom stereocenters. The van der Waals surface area contributed by atoms with Crippen molar-refractivity contribution in [2.24, 2.45) is 0 Å². The van der Waals surface area contributed by atoms with Crippen molar-refractivity contribution in [1.82, 2.24) is 0 Å². The molecule has 0 rings (SSSR count). The zero-order valence-electron chi connectivity index (χ0n) is 7.04. The molecule has 0 fully saturated rings. The van der Waals surface area contributed by atoms with Gasteiger partial charge in [0.05, 0.1) is 0 Å². The van der Waals surface area contributed by atoms with E-state index in [9.17, 15) is 9.59 Å². The molecule has 0 unspecified atom stereocenters. The van der Waals surface area contributed by atoms with E-state index < -0.39 is 30.9 Å². The fourth-order valence-corrected chi connectivity index (χ4v) is 3.91. The van der Waals surface area contributed by atoms with Gasteiger partial charge in [0.15, 0.2) is 0 Å². The Hall–Kier alpha value is -0.270. The molecule has 0 heterocycles. The van der Waals surface area contributed by atoms with Crippen molar-refractivity contribution in [2.75, 3.05) is 0 Å². The Labute approximate surface area is 70.8 Å². The van der Waals surface area contributed by atoms with Gasteiger partial charge in [-0.05, 0) is 0 Å².